The Morgan fingerprint density at radius 3 is 1.87 bits per heavy atom. The van der Waals surface area contributed by atoms with Crippen molar-refractivity contribution >= 4 is 23.5 Å². The van der Waals surface area contributed by atoms with Gasteiger partial charge in [-0.3, -0.25) is 0 Å². The third-order valence-electron chi connectivity index (χ3n) is 2.47. The molecule has 0 bridgehead atoms. The quantitative estimate of drug-likeness (QED) is 0.573. The standard InChI is InChI=1S/C14H11N/c1-3-7-13-11(5-1)9-10-12-6-2-4-8-14(12)15-13/h1-10,15H/i7D,8D. The Morgan fingerprint density at radius 1 is 0.800 bits per heavy atom. The molecule has 15 heavy (non-hydrogen) atoms. The van der Waals surface area contributed by atoms with Crippen LogP contribution in [-0.2, 0) is 0 Å². The van der Waals surface area contributed by atoms with Crippen LogP contribution >= 0.6 is 0 Å². The fraction of sp³-hybridized carbons (Fsp3) is 0. The van der Waals surface area contributed by atoms with Crippen LogP contribution in [0.2, 0.25) is 0 Å². The topological polar surface area (TPSA) is 12.0 Å². The molecule has 1 heterocycles. The van der Waals surface area contributed by atoms with E-state index in [-0.39, 0.29) is 0 Å². The molecule has 72 valence electrons. The van der Waals surface area contributed by atoms with Crippen molar-refractivity contribution in [3.05, 3.63) is 59.6 Å². The molecule has 0 saturated heterocycles. The number of benzene rings is 2. The lowest BCUT2D eigenvalue weighted by molar-refractivity contribution is 1.53. The molecule has 0 saturated carbocycles. The molecular weight excluding hydrogens is 182 g/mol. The molecule has 0 fully saturated rings. The number of hydrogen-bond donors (Lipinski definition) is 1. The van der Waals surface area contributed by atoms with Gasteiger partial charge in [0.05, 0.1) is 2.74 Å². The lowest BCUT2D eigenvalue weighted by Gasteiger charge is -2.08. The molecule has 0 spiro atoms. The highest BCUT2D eigenvalue weighted by atomic mass is 14.9. The van der Waals surface area contributed by atoms with Crippen LogP contribution < -0.4 is 5.32 Å². The molecule has 1 N–H and O–H groups in total. The van der Waals surface area contributed by atoms with Gasteiger partial charge in [0.1, 0.15) is 0 Å². The molecule has 2 aromatic carbocycles. The highest BCUT2D eigenvalue weighted by molar-refractivity contribution is 5.87. The first kappa shape index (κ1) is 6.46. The third kappa shape index (κ3) is 1.42. The fourth-order valence-corrected chi connectivity index (χ4v) is 1.70. The molecule has 3 rings (SSSR count). The molecule has 1 nitrogen and oxygen atoms in total. The maximum Gasteiger partial charge on any atom is 0.0645 e. The van der Waals surface area contributed by atoms with Crippen molar-refractivity contribution in [1.29, 1.82) is 0 Å². The third-order valence-corrected chi connectivity index (χ3v) is 2.47. The van der Waals surface area contributed by atoms with E-state index in [1.807, 2.05) is 36.4 Å². The van der Waals surface area contributed by atoms with Crippen molar-refractivity contribution in [2.75, 3.05) is 5.32 Å². The Morgan fingerprint density at radius 2 is 1.33 bits per heavy atom. The average Bonchev–Trinajstić information content (AvgIpc) is 2.51. The van der Waals surface area contributed by atoms with Crippen molar-refractivity contribution in [3.8, 4) is 0 Å². The first-order valence-electron chi connectivity index (χ1n) is 5.90. The van der Waals surface area contributed by atoms with Crippen molar-refractivity contribution in [3.63, 3.8) is 0 Å². The molecule has 0 atom stereocenters. The Kier molecular flexibility index (Phi) is 1.41. The summed E-state index contributed by atoms with van der Waals surface area (Å²) in [5.41, 5.74) is 3.49. The van der Waals surface area contributed by atoms with Crippen LogP contribution in [0.25, 0.3) is 12.2 Å². The minimum Gasteiger partial charge on any atom is -0.355 e. The SMILES string of the molecule is [2H]c1cccc2c1Nc1c([2H])cccc1C=C2. The zero-order chi connectivity index (χ0) is 11.8. The zero-order valence-corrected chi connectivity index (χ0v) is 8.12. The van der Waals surface area contributed by atoms with Crippen LogP contribution in [-0.4, -0.2) is 0 Å². The van der Waals surface area contributed by atoms with E-state index < -0.39 is 0 Å². The normalized spacial score (nSPS) is 14.1. The van der Waals surface area contributed by atoms with Gasteiger partial charge in [-0.2, -0.15) is 0 Å². The largest absolute Gasteiger partial charge is 0.355 e. The Balaban J connectivity index is 2.24. The van der Waals surface area contributed by atoms with E-state index in [1.165, 1.54) is 0 Å². The summed E-state index contributed by atoms with van der Waals surface area (Å²) < 4.78 is 15.8. The summed E-state index contributed by atoms with van der Waals surface area (Å²) in [6.07, 6.45) is 3.96. The summed E-state index contributed by atoms with van der Waals surface area (Å²) in [5.74, 6) is 0. The molecule has 2 aromatic rings. The monoisotopic (exact) mass is 195 g/mol. The van der Waals surface area contributed by atoms with Crippen LogP contribution in [0.1, 0.15) is 13.9 Å². The number of anilines is 2. The van der Waals surface area contributed by atoms with Gasteiger partial charge in [0.15, 0.2) is 0 Å². The molecule has 1 heteroatoms. The lowest BCUT2D eigenvalue weighted by Crippen LogP contribution is -1.92. The molecule has 0 aliphatic carbocycles. The second kappa shape index (κ2) is 3.28. The van der Waals surface area contributed by atoms with Gasteiger partial charge in [-0.15, -0.1) is 0 Å². The molecule has 0 aromatic heterocycles. The van der Waals surface area contributed by atoms with Gasteiger partial charge >= 0.3 is 0 Å². The fourth-order valence-electron chi connectivity index (χ4n) is 1.70. The van der Waals surface area contributed by atoms with E-state index in [1.54, 1.807) is 12.1 Å². The molecular formula is C14H11N. The Hall–Kier alpha value is -2.02. The van der Waals surface area contributed by atoms with E-state index in [9.17, 15) is 0 Å². The lowest BCUT2D eigenvalue weighted by atomic mass is 10.1. The number of para-hydroxylation sites is 2. The number of fused-ring (bicyclic) bond motifs is 2. The zero-order valence-electron chi connectivity index (χ0n) is 10.1. The minimum atomic E-state index is 0.447. The highest BCUT2D eigenvalue weighted by Crippen LogP contribution is 2.29. The van der Waals surface area contributed by atoms with Crippen LogP contribution in [0.3, 0.4) is 0 Å². The first-order chi connectivity index (χ1) is 8.25. The van der Waals surface area contributed by atoms with Crippen molar-refractivity contribution < 1.29 is 2.74 Å². The average molecular weight is 195 g/mol. The van der Waals surface area contributed by atoms with E-state index in [2.05, 4.69) is 5.32 Å². The summed E-state index contributed by atoms with van der Waals surface area (Å²) in [4.78, 5) is 0. The number of nitrogens with one attached hydrogen (secondary N) is 1. The summed E-state index contributed by atoms with van der Waals surface area (Å²) in [6, 6.07) is 12.1. The van der Waals surface area contributed by atoms with Crippen molar-refractivity contribution in [2.45, 2.75) is 0 Å². The van der Waals surface area contributed by atoms with Crippen LogP contribution in [0, 0.1) is 0 Å². The highest BCUT2D eigenvalue weighted by Gasteiger charge is 2.05. The molecule has 1 aliphatic rings. The molecule has 0 radical (unpaired) electrons. The van der Waals surface area contributed by atoms with Gasteiger partial charge in [0.2, 0.25) is 0 Å². The second-order valence-corrected chi connectivity index (χ2v) is 3.46. The maximum absolute atomic E-state index is 7.90. The first-order valence-corrected chi connectivity index (χ1v) is 4.90. The van der Waals surface area contributed by atoms with Gasteiger partial charge in [-0.1, -0.05) is 48.6 Å². The predicted octanol–water partition coefficient (Wildman–Crippen LogP) is 3.91. The maximum atomic E-state index is 7.90. The van der Waals surface area contributed by atoms with Gasteiger partial charge in [-0.25, -0.2) is 0 Å². The molecule has 1 aliphatic heterocycles. The second-order valence-electron chi connectivity index (χ2n) is 3.46. The Bertz CT molecular complexity index is 564. The molecule has 0 unspecified atom stereocenters. The van der Waals surface area contributed by atoms with E-state index in [0.29, 0.717) is 12.1 Å². The van der Waals surface area contributed by atoms with Gasteiger partial charge in [0.25, 0.3) is 0 Å². The van der Waals surface area contributed by atoms with Gasteiger partial charge < -0.3 is 5.32 Å². The van der Waals surface area contributed by atoms with E-state index in [0.717, 1.165) is 22.5 Å². The number of rotatable bonds is 0. The van der Waals surface area contributed by atoms with Gasteiger partial charge in [0, 0.05) is 11.4 Å². The van der Waals surface area contributed by atoms with Crippen LogP contribution in [0.4, 0.5) is 11.4 Å². The summed E-state index contributed by atoms with van der Waals surface area (Å²) in [7, 11) is 0. The van der Waals surface area contributed by atoms with Crippen LogP contribution in [0.15, 0.2) is 48.5 Å². The summed E-state index contributed by atoms with van der Waals surface area (Å²) >= 11 is 0. The van der Waals surface area contributed by atoms with Crippen molar-refractivity contribution in [2.24, 2.45) is 0 Å². The minimum absolute atomic E-state index is 0.447. The summed E-state index contributed by atoms with van der Waals surface area (Å²) in [6.45, 7) is 0. The van der Waals surface area contributed by atoms with Gasteiger partial charge in [-0.05, 0) is 23.2 Å². The van der Waals surface area contributed by atoms with Crippen molar-refractivity contribution in [1.82, 2.24) is 0 Å². The van der Waals surface area contributed by atoms with E-state index >= 15 is 0 Å². The summed E-state index contributed by atoms with van der Waals surface area (Å²) in [5, 5.41) is 3.20. The molecule has 0 amide bonds. The Labute approximate surface area is 91.9 Å². The van der Waals surface area contributed by atoms with E-state index in [4.69, 9.17) is 2.74 Å². The number of hydrogen-bond acceptors (Lipinski definition) is 1. The predicted molar refractivity (Wildman–Crippen MR) is 65.1 cm³/mol. The smallest absolute Gasteiger partial charge is 0.0645 e. The van der Waals surface area contributed by atoms with Crippen LogP contribution in [0.5, 0.6) is 0 Å².